The summed E-state index contributed by atoms with van der Waals surface area (Å²) in [7, 11) is 0. The summed E-state index contributed by atoms with van der Waals surface area (Å²) in [5.74, 6) is 2.02. The summed E-state index contributed by atoms with van der Waals surface area (Å²) in [6.07, 6.45) is 2.16. The third kappa shape index (κ3) is 4.33. The van der Waals surface area contributed by atoms with E-state index in [1.165, 1.54) is 6.42 Å². The Morgan fingerprint density at radius 1 is 1.07 bits per heavy atom. The van der Waals surface area contributed by atoms with Crippen molar-refractivity contribution in [3.63, 3.8) is 0 Å². The number of ether oxygens (including phenoxy) is 1. The van der Waals surface area contributed by atoms with Crippen LogP contribution in [0.1, 0.15) is 44.0 Å². The molecule has 2 aromatic carbocycles. The minimum Gasteiger partial charge on any atom is -0.494 e. The first-order chi connectivity index (χ1) is 14.5. The number of benzene rings is 2. The zero-order valence-electron chi connectivity index (χ0n) is 18.1. The number of amides is 1. The first-order valence-corrected chi connectivity index (χ1v) is 11.0. The molecule has 1 fully saturated rings. The van der Waals surface area contributed by atoms with E-state index < -0.39 is 0 Å². The lowest BCUT2D eigenvalue weighted by atomic mass is 9.91. The third-order valence-corrected chi connectivity index (χ3v) is 5.73. The van der Waals surface area contributed by atoms with Gasteiger partial charge in [0.15, 0.2) is 0 Å². The molecule has 0 N–H and O–H groups in total. The molecule has 4 heteroatoms. The largest absolute Gasteiger partial charge is 0.494 e. The van der Waals surface area contributed by atoms with Crippen LogP contribution < -0.4 is 4.74 Å². The van der Waals surface area contributed by atoms with Crippen molar-refractivity contribution in [2.24, 2.45) is 11.8 Å². The molecule has 4 nitrogen and oxygen atoms in total. The Bertz CT molecular complexity index is 1020. The number of hydrogen-bond acceptors (Lipinski definition) is 3. The van der Waals surface area contributed by atoms with E-state index in [1.54, 1.807) is 0 Å². The normalized spacial score (nSPS) is 19.1. The van der Waals surface area contributed by atoms with Crippen molar-refractivity contribution in [1.29, 1.82) is 0 Å². The molecule has 2 heterocycles. The van der Waals surface area contributed by atoms with Crippen LogP contribution in [0, 0.1) is 11.8 Å². The van der Waals surface area contributed by atoms with E-state index >= 15 is 0 Å². The molecule has 30 heavy (non-hydrogen) atoms. The Morgan fingerprint density at radius 3 is 2.47 bits per heavy atom. The molecular weight excluding hydrogens is 372 g/mol. The fourth-order valence-corrected chi connectivity index (χ4v) is 4.44. The molecule has 1 saturated heterocycles. The quantitative estimate of drug-likeness (QED) is 0.541. The Labute approximate surface area is 178 Å². The molecular formula is C26H30N2O2. The Kier molecular flexibility index (Phi) is 6.03. The number of hydrogen-bond donors (Lipinski definition) is 0. The Hall–Kier alpha value is -2.88. The summed E-state index contributed by atoms with van der Waals surface area (Å²) < 4.78 is 5.70. The van der Waals surface area contributed by atoms with Gasteiger partial charge >= 0.3 is 0 Å². The molecule has 0 radical (unpaired) electrons. The van der Waals surface area contributed by atoms with Gasteiger partial charge in [-0.15, -0.1) is 0 Å². The molecule has 0 aliphatic carbocycles. The van der Waals surface area contributed by atoms with Crippen LogP contribution in [-0.2, 0) is 0 Å². The van der Waals surface area contributed by atoms with Crippen LogP contribution in [0.15, 0.2) is 54.6 Å². The average molecular weight is 403 g/mol. The SMILES string of the molecule is CCCOc1ccc(-c2cc(C(=O)N3CC(C)CC(C)C3)c3ccccc3n2)cc1. The Balaban J connectivity index is 1.72. The molecule has 156 valence electrons. The summed E-state index contributed by atoms with van der Waals surface area (Å²) in [6, 6.07) is 17.9. The second kappa shape index (κ2) is 8.86. The predicted molar refractivity (Wildman–Crippen MR) is 122 cm³/mol. The van der Waals surface area contributed by atoms with Gasteiger partial charge < -0.3 is 9.64 Å². The summed E-state index contributed by atoms with van der Waals surface area (Å²) in [5.41, 5.74) is 3.39. The third-order valence-electron chi connectivity index (χ3n) is 5.73. The maximum Gasteiger partial charge on any atom is 0.254 e. The number of carbonyl (C=O) groups is 1. The van der Waals surface area contributed by atoms with Crippen molar-refractivity contribution in [2.45, 2.75) is 33.6 Å². The van der Waals surface area contributed by atoms with Gasteiger partial charge in [0.05, 0.1) is 23.4 Å². The number of likely N-dealkylation sites (tertiary alicyclic amines) is 1. The topological polar surface area (TPSA) is 42.4 Å². The first kappa shape index (κ1) is 20.4. The molecule has 1 amide bonds. The Morgan fingerprint density at radius 2 is 1.77 bits per heavy atom. The highest BCUT2D eigenvalue weighted by Crippen LogP contribution is 2.29. The highest BCUT2D eigenvalue weighted by atomic mass is 16.5. The number of piperidine rings is 1. The van der Waals surface area contributed by atoms with Crippen LogP contribution in [-0.4, -0.2) is 35.5 Å². The minimum atomic E-state index is 0.108. The summed E-state index contributed by atoms with van der Waals surface area (Å²) in [5, 5.41) is 0.917. The number of rotatable bonds is 5. The number of pyridine rings is 1. The molecule has 2 unspecified atom stereocenters. The van der Waals surface area contributed by atoms with Crippen LogP contribution in [0.3, 0.4) is 0 Å². The van der Waals surface area contributed by atoms with E-state index in [9.17, 15) is 4.79 Å². The van der Waals surface area contributed by atoms with Crippen molar-refractivity contribution in [1.82, 2.24) is 9.88 Å². The molecule has 0 spiro atoms. The second-order valence-corrected chi connectivity index (χ2v) is 8.60. The lowest BCUT2D eigenvalue weighted by Crippen LogP contribution is -2.42. The van der Waals surface area contributed by atoms with Crippen LogP contribution in [0.25, 0.3) is 22.2 Å². The van der Waals surface area contributed by atoms with Gasteiger partial charge in [-0.25, -0.2) is 4.98 Å². The molecule has 4 rings (SSSR count). The summed E-state index contributed by atoms with van der Waals surface area (Å²) in [4.78, 5) is 20.4. The lowest BCUT2D eigenvalue weighted by Gasteiger charge is -2.35. The van der Waals surface area contributed by atoms with Gasteiger partial charge in [-0.2, -0.15) is 0 Å². The van der Waals surface area contributed by atoms with E-state index in [0.29, 0.717) is 18.4 Å². The fourth-order valence-electron chi connectivity index (χ4n) is 4.44. The van der Waals surface area contributed by atoms with Gasteiger partial charge in [0.2, 0.25) is 0 Å². The standard InChI is InChI=1S/C26H30N2O2/c1-4-13-30-21-11-9-20(10-12-21)25-15-23(22-7-5-6-8-24(22)27-25)26(29)28-16-18(2)14-19(3)17-28/h5-12,15,18-19H,4,13-14,16-17H2,1-3H3. The van der Waals surface area contributed by atoms with Gasteiger partial charge in [-0.05, 0) is 61.1 Å². The molecule has 1 aromatic heterocycles. The van der Waals surface area contributed by atoms with Gasteiger partial charge in [0.1, 0.15) is 5.75 Å². The van der Waals surface area contributed by atoms with Crippen molar-refractivity contribution in [3.05, 3.63) is 60.2 Å². The van der Waals surface area contributed by atoms with Crippen LogP contribution in [0.4, 0.5) is 0 Å². The highest BCUT2D eigenvalue weighted by molar-refractivity contribution is 6.07. The second-order valence-electron chi connectivity index (χ2n) is 8.60. The summed E-state index contributed by atoms with van der Waals surface area (Å²) in [6.45, 7) is 8.90. The number of carbonyl (C=O) groups excluding carboxylic acids is 1. The van der Waals surface area contributed by atoms with E-state index in [2.05, 4.69) is 20.8 Å². The number of para-hydroxylation sites is 1. The number of nitrogens with zero attached hydrogens (tertiary/aromatic N) is 2. The van der Waals surface area contributed by atoms with Crippen molar-refractivity contribution < 1.29 is 9.53 Å². The van der Waals surface area contributed by atoms with Gasteiger partial charge in [0.25, 0.3) is 5.91 Å². The molecule has 2 atom stereocenters. The molecule has 1 aliphatic rings. The van der Waals surface area contributed by atoms with Gasteiger partial charge in [0, 0.05) is 24.0 Å². The summed E-state index contributed by atoms with van der Waals surface area (Å²) >= 11 is 0. The number of aromatic nitrogens is 1. The van der Waals surface area contributed by atoms with E-state index in [4.69, 9.17) is 9.72 Å². The average Bonchev–Trinajstić information content (AvgIpc) is 2.76. The monoisotopic (exact) mass is 402 g/mol. The van der Waals surface area contributed by atoms with Gasteiger partial charge in [-0.3, -0.25) is 4.79 Å². The molecule has 1 aliphatic heterocycles. The predicted octanol–water partition coefficient (Wildman–Crippen LogP) is 5.81. The van der Waals surface area contributed by atoms with Gasteiger partial charge in [-0.1, -0.05) is 39.0 Å². The number of fused-ring (bicyclic) bond motifs is 1. The first-order valence-electron chi connectivity index (χ1n) is 11.0. The zero-order valence-corrected chi connectivity index (χ0v) is 18.1. The van der Waals surface area contributed by atoms with E-state index in [-0.39, 0.29) is 5.91 Å². The van der Waals surface area contributed by atoms with Crippen LogP contribution in [0.5, 0.6) is 5.75 Å². The molecule has 0 saturated carbocycles. The lowest BCUT2D eigenvalue weighted by molar-refractivity contribution is 0.0625. The maximum atomic E-state index is 13.5. The highest BCUT2D eigenvalue weighted by Gasteiger charge is 2.27. The fraction of sp³-hybridized carbons (Fsp3) is 0.385. The van der Waals surface area contributed by atoms with Crippen LogP contribution in [0.2, 0.25) is 0 Å². The van der Waals surface area contributed by atoms with Crippen molar-refractivity contribution in [2.75, 3.05) is 19.7 Å². The smallest absolute Gasteiger partial charge is 0.254 e. The van der Waals surface area contributed by atoms with E-state index in [1.807, 2.05) is 59.5 Å². The molecule has 0 bridgehead atoms. The molecule has 3 aromatic rings. The van der Waals surface area contributed by atoms with Crippen molar-refractivity contribution >= 4 is 16.8 Å². The van der Waals surface area contributed by atoms with E-state index in [0.717, 1.165) is 53.0 Å². The van der Waals surface area contributed by atoms with Crippen LogP contribution >= 0.6 is 0 Å². The van der Waals surface area contributed by atoms with Crippen molar-refractivity contribution in [3.8, 4) is 17.0 Å². The minimum absolute atomic E-state index is 0.108. The zero-order chi connectivity index (χ0) is 21.1. The maximum absolute atomic E-state index is 13.5.